The molecule has 19 heavy (non-hydrogen) atoms. The highest BCUT2D eigenvalue weighted by atomic mass is 35.5. The first kappa shape index (κ1) is 13.6. The Kier molecular flexibility index (Phi) is 4.59. The molecule has 0 saturated carbocycles. The lowest BCUT2D eigenvalue weighted by Crippen LogP contribution is -2.22. The molecule has 0 radical (unpaired) electrons. The molecule has 0 aliphatic heterocycles. The van der Waals surface area contributed by atoms with Gasteiger partial charge in [0, 0.05) is 17.3 Å². The largest absolute Gasteiger partial charge is 0.495 e. The standard InChI is InChI=1S/C12H13ClN4OS/c1-18-10-3-2-8(6-9(10)13)17-12(14)16-7-11-15-4-5-19-11/h2-6H,7H2,1H3,(H3,14,16,17). The molecule has 0 aliphatic carbocycles. The lowest BCUT2D eigenvalue weighted by molar-refractivity contribution is 0.415. The normalized spacial score (nSPS) is 11.4. The van der Waals surface area contributed by atoms with Crippen LogP contribution in [0.4, 0.5) is 5.69 Å². The molecule has 1 aromatic carbocycles. The van der Waals surface area contributed by atoms with Gasteiger partial charge in [0.2, 0.25) is 0 Å². The van der Waals surface area contributed by atoms with Gasteiger partial charge in [-0.15, -0.1) is 11.3 Å². The van der Waals surface area contributed by atoms with Crippen molar-refractivity contribution in [1.29, 1.82) is 0 Å². The molecule has 1 heterocycles. The van der Waals surface area contributed by atoms with Gasteiger partial charge in [0.1, 0.15) is 10.8 Å². The molecule has 2 rings (SSSR count). The van der Waals surface area contributed by atoms with E-state index in [4.69, 9.17) is 22.1 Å². The Labute approximate surface area is 120 Å². The van der Waals surface area contributed by atoms with Crippen LogP contribution < -0.4 is 15.8 Å². The van der Waals surface area contributed by atoms with Gasteiger partial charge in [0.05, 0.1) is 18.7 Å². The number of aromatic nitrogens is 1. The molecular weight excluding hydrogens is 284 g/mol. The Bertz CT molecular complexity index is 571. The summed E-state index contributed by atoms with van der Waals surface area (Å²) in [6.07, 6.45) is 1.74. The monoisotopic (exact) mass is 296 g/mol. The summed E-state index contributed by atoms with van der Waals surface area (Å²) >= 11 is 7.56. The Balaban J connectivity index is 2.00. The number of hydrogen-bond acceptors (Lipinski definition) is 4. The fraction of sp³-hybridized carbons (Fsp3) is 0.167. The summed E-state index contributed by atoms with van der Waals surface area (Å²) in [7, 11) is 1.57. The number of ether oxygens (including phenoxy) is 1. The number of benzene rings is 1. The number of rotatable bonds is 4. The van der Waals surface area contributed by atoms with Gasteiger partial charge in [-0.1, -0.05) is 11.6 Å². The number of methoxy groups -OCH3 is 1. The van der Waals surface area contributed by atoms with Gasteiger partial charge in [0.25, 0.3) is 0 Å². The first-order valence-corrected chi connectivity index (χ1v) is 6.73. The zero-order valence-electron chi connectivity index (χ0n) is 10.3. The topological polar surface area (TPSA) is 72.5 Å². The van der Waals surface area contributed by atoms with E-state index in [0.29, 0.717) is 23.3 Å². The molecule has 0 bridgehead atoms. The third kappa shape index (κ3) is 3.84. The van der Waals surface area contributed by atoms with Crippen molar-refractivity contribution in [3.8, 4) is 5.75 Å². The third-order valence-electron chi connectivity index (χ3n) is 2.29. The van der Waals surface area contributed by atoms with Crippen LogP contribution in [-0.2, 0) is 6.54 Å². The Hall–Kier alpha value is -1.79. The highest BCUT2D eigenvalue weighted by Gasteiger charge is 2.02. The predicted molar refractivity (Wildman–Crippen MR) is 79.1 cm³/mol. The van der Waals surface area contributed by atoms with Crippen molar-refractivity contribution < 1.29 is 4.74 Å². The lowest BCUT2D eigenvalue weighted by atomic mass is 10.3. The first-order valence-electron chi connectivity index (χ1n) is 5.48. The number of thiazole rings is 1. The molecular formula is C12H13ClN4OS. The van der Waals surface area contributed by atoms with Gasteiger partial charge in [0.15, 0.2) is 5.96 Å². The van der Waals surface area contributed by atoms with Crippen LogP contribution in [-0.4, -0.2) is 18.1 Å². The molecule has 0 aliphatic rings. The average molecular weight is 297 g/mol. The number of nitrogens with zero attached hydrogens (tertiary/aromatic N) is 2. The van der Waals surface area contributed by atoms with E-state index in [1.54, 1.807) is 25.4 Å². The molecule has 5 nitrogen and oxygen atoms in total. The van der Waals surface area contributed by atoms with E-state index in [2.05, 4.69) is 15.3 Å². The van der Waals surface area contributed by atoms with E-state index in [1.807, 2.05) is 11.4 Å². The van der Waals surface area contributed by atoms with Gasteiger partial charge in [-0.05, 0) is 18.2 Å². The minimum atomic E-state index is 0.316. The number of nitrogens with one attached hydrogen (secondary N) is 1. The quantitative estimate of drug-likeness (QED) is 0.672. The summed E-state index contributed by atoms with van der Waals surface area (Å²) in [5, 5.41) is 6.29. The molecule has 0 amide bonds. The van der Waals surface area contributed by atoms with Crippen molar-refractivity contribution in [2.24, 2.45) is 10.7 Å². The van der Waals surface area contributed by atoms with Crippen LogP contribution in [0.2, 0.25) is 5.02 Å². The molecule has 0 unspecified atom stereocenters. The number of guanidine groups is 1. The van der Waals surface area contributed by atoms with Crippen LogP contribution in [0.1, 0.15) is 5.01 Å². The fourth-order valence-electron chi connectivity index (χ4n) is 1.42. The third-order valence-corrected chi connectivity index (χ3v) is 3.35. The van der Waals surface area contributed by atoms with Crippen LogP contribution in [0, 0.1) is 0 Å². The SMILES string of the molecule is COc1ccc(NC(N)=NCc2nccs2)cc1Cl. The zero-order chi connectivity index (χ0) is 13.7. The molecule has 0 fully saturated rings. The van der Waals surface area contributed by atoms with Gasteiger partial charge >= 0.3 is 0 Å². The summed E-state index contributed by atoms with van der Waals surface area (Å²) in [6, 6.07) is 5.31. The van der Waals surface area contributed by atoms with Crippen LogP contribution in [0.25, 0.3) is 0 Å². The zero-order valence-corrected chi connectivity index (χ0v) is 11.8. The maximum Gasteiger partial charge on any atom is 0.193 e. The van der Waals surface area contributed by atoms with Gasteiger partial charge in [-0.3, -0.25) is 0 Å². The second-order valence-electron chi connectivity index (χ2n) is 3.60. The summed E-state index contributed by atoms with van der Waals surface area (Å²) in [5.41, 5.74) is 6.54. The van der Waals surface area contributed by atoms with Crippen molar-refractivity contribution in [1.82, 2.24) is 4.98 Å². The van der Waals surface area contributed by atoms with E-state index < -0.39 is 0 Å². The number of nitrogens with two attached hydrogens (primary N) is 1. The smallest absolute Gasteiger partial charge is 0.193 e. The molecule has 0 saturated heterocycles. The molecule has 0 spiro atoms. The maximum absolute atomic E-state index is 6.02. The number of hydrogen-bond donors (Lipinski definition) is 2. The second-order valence-corrected chi connectivity index (χ2v) is 4.99. The molecule has 2 aromatic rings. The molecule has 3 N–H and O–H groups in total. The van der Waals surface area contributed by atoms with E-state index >= 15 is 0 Å². The average Bonchev–Trinajstić information content (AvgIpc) is 2.90. The highest BCUT2D eigenvalue weighted by Crippen LogP contribution is 2.27. The summed E-state index contributed by atoms with van der Waals surface area (Å²) < 4.78 is 5.07. The van der Waals surface area contributed by atoms with Crippen molar-refractivity contribution in [2.75, 3.05) is 12.4 Å². The van der Waals surface area contributed by atoms with E-state index in [1.165, 1.54) is 11.3 Å². The minimum absolute atomic E-state index is 0.316. The van der Waals surface area contributed by atoms with E-state index in [0.717, 1.165) is 10.7 Å². The van der Waals surface area contributed by atoms with Gasteiger partial charge in [-0.25, -0.2) is 9.98 Å². The summed E-state index contributed by atoms with van der Waals surface area (Å²) in [4.78, 5) is 8.31. The van der Waals surface area contributed by atoms with Crippen LogP contribution in [0.5, 0.6) is 5.75 Å². The second kappa shape index (κ2) is 6.40. The van der Waals surface area contributed by atoms with Crippen molar-refractivity contribution in [3.05, 3.63) is 39.8 Å². The summed E-state index contributed by atoms with van der Waals surface area (Å²) in [5.74, 6) is 0.932. The first-order chi connectivity index (χ1) is 9.19. The number of anilines is 1. The molecule has 100 valence electrons. The lowest BCUT2D eigenvalue weighted by Gasteiger charge is -2.08. The fourth-order valence-corrected chi connectivity index (χ4v) is 2.21. The van der Waals surface area contributed by atoms with E-state index in [9.17, 15) is 0 Å². The van der Waals surface area contributed by atoms with Crippen LogP contribution in [0.15, 0.2) is 34.8 Å². The van der Waals surface area contributed by atoms with Gasteiger partial charge < -0.3 is 15.8 Å². The number of aliphatic imine (C=N–C) groups is 1. The van der Waals surface area contributed by atoms with Crippen molar-refractivity contribution in [2.45, 2.75) is 6.54 Å². The van der Waals surface area contributed by atoms with Crippen LogP contribution in [0.3, 0.4) is 0 Å². The summed E-state index contributed by atoms with van der Waals surface area (Å²) in [6.45, 7) is 0.459. The highest BCUT2D eigenvalue weighted by molar-refractivity contribution is 7.09. The Morgan fingerprint density at radius 2 is 2.42 bits per heavy atom. The maximum atomic E-state index is 6.02. The Morgan fingerprint density at radius 3 is 3.05 bits per heavy atom. The van der Waals surface area contributed by atoms with Crippen molar-refractivity contribution in [3.63, 3.8) is 0 Å². The van der Waals surface area contributed by atoms with Crippen LogP contribution >= 0.6 is 22.9 Å². The molecule has 0 atom stereocenters. The van der Waals surface area contributed by atoms with Gasteiger partial charge in [-0.2, -0.15) is 0 Å². The molecule has 7 heteroatoms. The molecule has 1 aromatic heterocycles. The van der Waals surface area contributed by atoms with Crippen molar-refractivity contribution >= 4 is 34.6 Å². The number of halogens is 1. The Morgan fingerprint density at radius 1 is 1.58 bits per heavy atom. The minimum Gasteiger partial charge on any atom is -0.495 e. The van der Waals surface area contributed by atoms with E-state index in [-0.39, 0.29) is 0 Å². The predicted octanol–water partition coefficient (Wildman–Crippen LogP) is 2.73.